The predicted octanol–water partition coefficient (Wildman–Crippen LogP) is 6.52. The van der Waals surface area contributed by atoms with Crippen LogP contribution in [0.4, 0.5) is 0 Å². The summed E-state index contributed by atoms with van der Waals surface area (Å²) in [7, 11) is 0. The molecule has 0 N–H and O–H groups in total. The van der Waals surface area contributed by atoms with E-state index in [9.17, 15) is 4.79 Å². The van der Waals surface area contributed by atoms with Gasteiger partial charge in [-0.15, -0.1) is 0 Å². The standard InChI is InChI=1S/C24H24Cl2N2O2/c25-21-8-7-19(14-22(21)26)24(29)9-6-17-10-12-28(13-11-17)16-20-15-23(27-30-20)18-4-2-1-3-5-18/h1-5,7-8,14-15,17H,6,9-13,16H2. The van der Waals surface area contributed by atoms with E-state index < -0.39 is 0 Å². The summed E-state index contributed by atoms with van der Waals surface area (Å²) in [4.78, 5) is 14.8. The minimum atomic E-state index is 0.131. The molecule has 0 radical (unpaired) electrons. The van der Waals surface area contributed by atoms with Crippen LogP contribution in [0.25, 0.3) is 11.3 Å². The van der Waals surface area contributed by atoms with Gasteiger partial charge in [-0.1, -0.05) is 58.7 Å². The van der Waals surface area contributed by atoms with Crippen LogP contribution < -0.4 is 0 Å². The van der Waals surface area contributed by atoms with Gasteiger partial charge in [0.05, 0.1) is 16.6 Å². The smallest absolute Gasteiger partial charge is 0.162 e. The minimum absolute atomic E-state index is 0.131. The Bertz CT molecular complexity index is 995. The maximum atomic E-state index is 12.4. The molecule has 1 fully saturated rings. The van der Waals surface area contributed by atoms with Crippen molar-refractivity contribution in [2.24, 2.45) is 5.92 Å². The van der Waals surface area contributed by atoms with E-state index in [2.05, 4.69) is 10.1 Å². The van der Waals surface area contributed by atoms with E-state index >= 15 is 0 Å². The summed E-state index contributed by atoms with van der Waals surface area (Å²) in [5, 5.41) is 5.10. The molecule has 0 aliphatic carbocycles. The van der Waals surface area contributed by atoms with Crippen molar-refractivity contribution in [3.05, 3.63) is 76.0 Å². The van der Waals surface area contributed by atoms with Gasteiger partial charge in [0.2, 0.25) is 0 Å². The van der Waals surface area contributed by atoms with E-state index in [0.29, 0.717) is 27.9 Å². The third-order valence-corrected chi connectivity index (χ3v) is 6.48. The van der Waals surface area contributed by atoms with Crippen molar-refractivity contribution < 1.29 is 9.32 Å². The number of halogens is 2. The molecule has 2 heterocycles. The molecule has 1 saturated heterocycles. The van der Waals surface area contributed by atoms with Crippen LogP contribution >= 0.6 is 23.2 Å². The molecule has 0 spiro atoms. The highest BCUT2D eigenvalue weighted by Crippen LogP contribution is 2.27. The first-order chi connectivity index (χ1) is 14.6. The molecule has 1 aliphatic rings. The lowest BCUT2D eigenvalue weighted by Gasteiger charge is -2.31. The first-order valence-electron chi connectivity index (χ1n) is 10.3. The number of carbonyl (C=O) groups is 1. The van der Waals surface area contributed by atoms with Gasteiger partial charge in [-0.3, -0.25) is 9.69 Å². The van der Waals surface area contributed by atoms with Crippen LogP contribution in [0.15, 0.2) is 59.1 Å². The number of carbonyl (C=O) groups excluding carboxylic acids is 1. The number of nitrogens with zero attached hydrogens (tertiary/aromatic N) is 2. The third kappa shape index (κ3) is 5.31. The number of rotatable bonds is 7. The van der Waals surface area contributed by atoms with Gasteiger partial charge in [0.1, 0.15) is 5.69 Å². The summed E-state index contributed by atoms with van der Waals surface area (Å²) in [6, 6.07) is 17.2. The number of benzene rings is 2. The Hall–Kier alpha value is -2.14. The molecular weight excluding hydrogens is 419 g/mol. The summed E-state index contributed by atoms with van der Waals surface area (Å²) in [5.41, 5.74) is 2.58. The number of Topliss-reactive ketones (excluding diaryl/α,β-unsaturated/α-hetero) is 1. The molecule has 0 saturated carbocycles. The summed E-state index contributed by atoms with van der Waals surface area (Å²) >= 11 is 12.0. The van der Waals surface area contributed by atoms with Crippen molar-refractivity contribution in [1.29, 1.82) is 0 Å². The fraction of sp³-hybridized carbons (Fsp3) is 0.333. The zero-order valence-electron chi connectivity index (χ0n) is 16.7. The third-order valence-electron chi connectivity index (χ3n) is 5.74. The number of ketones is 1. The maximum absolute atomic E-state index is 12.4. The molecule has 2 aromatic carbocycles. The van der Waals surface area contributed by atoms with Gasteiger partial charge in [-0.25, -0.2) is 0 Å². The van der Waals surface area contributed by atoms with Gasteiger partial charge in [-0.05, 0) is 56.5 Å². The van der Waals surface area contributed by atoms with Gasteiger partial charge in [0.15, 0.2) is 11.5 Å². The second-order valence-corrected chi connectivity index (χ2v) is 8.67. The number of hydrogen-bond donors (Lipinski definition) is 0. The monoisotopic (exact) mass is 442 g/mol. The normalized spacial score (nSPS) is 15.4. The Labute approximate surface area is 186 Å². The summed E-state index contributed by atoms with van der Waals surface area (Å²) < 4.78 is 5.54. The van der Waals surface area contributed by atoms with Crippen molar-refractivity contribution in [2.75, 3.05) is 13.1 Å². The van der Waals surface area contributed by atoms with E-state index in [4.69, 9.17) is 27.7 Å². The molecule has 156 valence electrons. The topological polar surface area (TPSA) is 46.3 Å². The Balaban J connectivity index is 1.23. The van der Waals surface area contributed by atoms with Crippen molar-refractivity contribution in [1.82, 2.24) is 10.1 Å². The van der Waals surface area contributed by atoms with Crippen LogP contribution in [0.3, 0.4) is 0 Å². The minimum Gasteiger partial charge on any atom is -0.359 e. The molecule has 0 amide bonds. The van der Waals surface area contributed by atoms with Crippen molar-refractivity contribution in [3.63, 3.8) is 0 Å². The molecular formula is C24H24Cl2N2O2. The van der Waals surface area contributed by atoms with Crippen LogP contribution in [0.5, 0.6) is 0 Å². The number of aromatic nitrogens is 1. The Kier molecular flexibility index (Phi) is 6.88. The van der Waals surface area contributed by atoms with E-state index in [-0.39, 0.29) is 5.78 Å². The van der Waals surface area contributed by atoms with Gasteiger partial charge >= 0.3 is 0 Å². The average molecular weight is 443 g/mol. The Morgan fingerprint density at radius 2 is 1.80 bits per heavy atom. The van der Waals surface area contributed by atoms with Crippen molar-refractivity contribution >= 4 is 29.0 Å². The molecule has 6 heteroatoms. The summed E-state index contributed by atoms with van der Waals surface area (Å²) in [5.74, 6) is 1.59. The lowest BCUT2D eigenvalue weighted by Crippen LogP contribution is -2.33. The van der Waals surface area contributed by atoms with Crippen LogP contribution in [0.2, 0.25) is 10.0 Å². The number of hydrogen-bond acceptors (Lipinski definition) is 4. The molecule has 1 aliphatic heterocycles. The SMILES string of the molecule is O=C(CCC1CCN(Cc2cc(-c3ccccc3)no2)CC1)c1ccc(Cl)c(Cl)c1. The molecule has 3 aromatic rings. The molecule has 1 aromatic heterocycles. The fourth-order valence-electron chi connectivity index (χ4n) is 3.94. The largest absolute Gasteiger partial charge is 0.359 e. The Morgan fingerprint density at radius 1 is 1.03 bits per heavy atom. The fourth-order valence-corrected chi connectivity index (χ4v) is 4.23. The second kappa shape index (κ2) is 9.78. The molecule has 4 nitrogen and oxygen atoms in total. The van der Waals surface area contributed by atoms with Crippen molar-refractivity contribution in [3.8, 4) is 11.3 Å². The highest BCUT2D eigenvalue weighted by molar-refractivity contribution is 6.42. The average Bonchev–Trinajstić information content (AvgIpc) is 3.24. The van der Waals surface area contributed by atoms with Gasteiger partial charge < -0.3 is 4.52 Å². The first-order valence-corrected chi connectivity index (χ1v) is 11.1. The molecule has 30 heavy (non-hydrogen) atoms. The van der Waals surface area contributed by atoms with Gasteiger partial charge in [0, 0.05) is 23.6 Å². The molecule has 0 unspecified atom stereocenters. The highest BCUT2D eigenvalue weighted by Gasteiger charge is 2.21. The van der Waals surface area contributed by atoms with E-state index in [1.165, 1.54) is 0 Å². The van der Waals surface area contributed by atoms with Crippen molar-refractivity contribution in [2.45, 2.75) is 32.2 Å². The van der Waals surface area contributed by atoms with E-state index in [0.717, 1.165) is 55.9 Å². The summed E-state index contributed by atoms with van der Waals surface area (Å²) in [6.45, 7) is 2.79. The maximum Gasteiger partial charge on any atom is 0.162 e. The zero-order chi connectivity index (χ0) is 20.9. The van der Waals surface area contributed by atoms with Crippen LogP contribution in [0, 0.1) is 5.92 Å². The first kappa shape index (κ1) is 21.1. The van der Waals surface area contributed by atoms with Crippen LogP contribution in [-0.4, -0.2) is 28.9 Å². The lowest BCUT2D eigenvalue weighted by atomic mass is 9.90. The predicted molar refractivity (Wildman–Crippen MR) is 120 cm³/mol. The number of piperidine rings is 1. The van der Waals surface area contributed by atoms with E-state index in [1.807, 2.05) is 36.4 Å². The number of likely N-dealkylation sites (tertiary alicyclic amines) is 1. The zero-order valence-corrected chi connectivity index (χ0v) is 18.2. The van der Waals surface area contributed by atoms with Crippen LogP contribution in [0.1, 0.15) is 41.8 Å². The van der Waals surface area contributed by atoms with E-state index in [1.54, 1.807) is 18.2 Å². The lowest BCUT2D eigenvalue weighted by molar-refractivity contribution is 0.0959. The molecule has 4 rings (SSSR count). The highest BCUT2D eigenvalue weighted by atomic mass is 35.5. The van der Waals surface area contributed by atoms with Crippen LogP contribution in [-0.2, 0) is 6.54 Å². The Morgan fingerprint density at radius 3 is 2.53 bits per heavy atom. The van der Waals surface area contributed by atoms with Gasteiger partial charge in [0.25, 0.3) is 0 Å². The molecule has 0 atom stereocenters. The quantitative estimate of drug-likeness (QED) is 0.390. The summed E-state index contributed by atoms with van der Waals surface area (Å²) in [6.07, 6.45) is 3.64. The van der Waals surface area contributed by atoms with Gasteiger partial charge in [-0.2, -0.15) is 0 Å². The second-order valence-electron chi connectivity index (χ2n) is 7.85. The molecule has 0 bridgehead atoms.